The van der Waals surface area contributed by atoms with Gasteiger partial charge in [-0.3, -0.25) is 0 Å². The second kappa shape index (κ2) is 9.85. The Labute approximate surface area is 228 Å². The monoisotopic (exact) mass is 552 g/mol. The lowest BCUT2D eigenvalue weighted by molar-refractivity contribution is 0.0597. The highest BCUT2D eigenvalue weighted by Gasteiger charge is 2.34. The molecule has 1 saturated carbocycles. The zero-order chi connectivity index (χ0) is 26.4. The van der Waals surface area contributed by atoms with E-state index < -0.39 is 5.97 Å². The number of carbonyl (C=O) groups is 1. The van der Waals surface area contributed by atoms with Gasteiger partial charge < -0.3 is 23.8 Å². The fourth-order valence-electron chi connectivity index (χ4n) is 4.56. The van der Waals surface area contributed by atoms with Crippen molar-refractivity contribution in [3.63, 3.8) is 0 Å². The summed E-state index contributed by atoms with van der Waals surface area (Å²) < 4.78 is 22.7. The van der Waals surface area contributed by atoms with Crippen LogP contribution < -0.4 is 9.47 Å². The number of rotatable bonds is 6. The number of halogens is 2. The Morgan fingerprint density at radius 1 is 1.11 bits per heavy atom. The van der Waals surface area contributed by atoms with Crippen molar-refractivity contribution in [2.24, 2.45) is 0 Å². The van der Waals surface area contributed by atoms with Crippen LogP contribution in [0, 0.1) is 0 Å². The summed E-state index contributed by atoms with van der Waals surface area (Å²) in [5.41, 5.74) is 3.47. The van der Waals surface area contributed by atoms with Crippen molar-refractivity contribution < 1.29 is 28.6 Å². The third kappa shape index (κ3) is 4.54. The van der Waals surface area contributed by atoms with Crippen LogP contribution in [-0.2, 0) is 24.2 Å². The Hall–Kier alpha value is -3.75. The highest BCUT2D eigenvalue weighted by Crippen LogP contribution is 2.46. The van der Waals surface area contributed by atoms with E-state index in [1.165, 1.54) is 19.2 Å². The Morgan fingerprint density at radius 3 is 2.63 bits per heavy atom. The topological polar surface area (TPSA) is 104 Å². The van der Waals surface area contributed by atoms with E-state index in [1.807, 2.05) is 0 Å². The number of ether oxygens (including phenoxy) is 3. The summed E-state index contributed by atoms with van der Waals surface area (Å²) in [6.07, 6.45) is 3.16. The number of pyridine rings is 1. The molecular formula is C28H22Cl2N2O6. The van der Waals surface area contributed by atoms with Crippen LogP contribution in [0.2, 0.25) is 10.0 Å². The van der Waals surface area contributed by atoms with E-state index in [1.54, 1.807) is 30.3 Å². The lowest BCUT2D eigenvalue weighted by Crippen LogP contribution is -2.03. The largest absolute Gasteiger partial charge is 0.507 e. The third-order valence-corrected chi connectivity index (χ3v) is 7.30. The van der Waals surface area contributed by atoms with Crippen LogP contribution in [0.5, 0.6) is 23.1 Å². The number of fused-ring (bicyclic) bond motifs is 2. The number of phenolic OH excluding ortho intramolecular Hbond substituents is 1. The van der Waals surface area contributed by atoms with Gasteiger partial charge in [-0.05, 0) is 61.6 Å². The quantitative estimate of drug-likeness (QED) is 0.258. The van der Waals surface area contributed by atoms with Crippen molar-refractivity contribution in [2.45, 2.75) is 38.2 Å². The highest BCUT2D eigenvalue weighted by atomic mass is 35.5. The minimum Gasteiger partial charge on any atom is -0.507 e. The molecule has 1 N–H and O–H groups in total. The molecule has 1 aliphatic heterocycles. The number of methoxy groups -OCH3 is 1. The van der Waals surface area contributed by atoms with Gasteiger partial charge in [-0.25, -0.2) is 9.78 Å². The number of aromatic hydroxyl groups is 1. The van der Waals surface area contributed by atoms with E-state index in [2.05, 4.69) is 10.1 Å². The Kier molecular flexibility index (Phi) is 6.37. The van der Waals surface area contributed by atoms with E-state index >= 15 is 0 Å². The second-order valence-electron chi connectivity index (χ2n) is 9.20. The van der Waals surface area contributed by atoms with E-state index in [9.17, 15) is 9.90 Å². The van der Waals surface area contributed by atoms with Crippen molar-refractivity contribution >= 4 is 29.2 Å². The molecule has 0 atom stereocenters. The number of aryl methyl sites for hydroxylation is 2. The molecule has 10 heteroatoms. The van der Waals surface area contributed by atoms with Crippen molar-refractivity contribution in [3.8, 4) is 34.4 Å². The zero-order valence-corrected chi connectivity index (χ0v) is 21.8. The fourth-order valence-corrected chi connectivity index (χ4v) is 5.14. The molecular weight excluding hydrogens is 531 g/mol. The molecule has 2 aliphatic rings. The molecule has 38 heavy (non-hydrogen) atoms. The maximum absolute atomic E-state index is 12.0. The molecule has 0 bridgehead atoms. The highest BCUT2D eigenvalue weighted by molar-refractivity contribution is 6.39. The summed E-state index contributed by atoms with van der Waals surface area (Å²) in [6.45, 7) is 0.176. The standard InChI is InChI=1S/C28H22Cl2N2O6/c1-35-28(34)16-12-23-15(11-21(16)33)7-8-20-22(37-23)9-10-24(31-20)36-13-17-26(32-38-27(17)14-5-6-14)25-18(29)3-2-4-19(25)30/h2-4,9-12,14,33H,5-8,13H2,1H3. The minimum atomic E-state index is -0.642. The number of esters is 1. The fraction of sp³-hybridized carbons (Fsp3) is 0.250. The molecule has 6 rings (SSSR count). The minimum absolute atomic E-state index is 0.0391. The Balaban J connectivity index is 1.26. The normalized spacial score (nSPS) is 14.2. The first-order chi connectivity index (χ1) is 18.4. The van der Waals surface area contributed by atoms with Crippen molar-refractivity contribution in [1.29, 1.82) is 0 Å². The molecule has 3 heterocycles. The van der Waals surface area contributed by atoms with Gasteiger partial charge in [0.1, 0.15) is 40.9 Å². The van der Waals surface area contributed by atoms with Gasteiger partial charge in [0, 0.05) is 17.5 Å². The van der Waals surface area contributed by atoms with Gasteiger partial charge in [0.05, 0.1) is 28.4 Å². The number of hydrogen-bond donors (Lipinski definition) is 1. The molecule has 4 aromatic rings. The first kappa shape index (κ1) is 24.6. The molecule has 1 fully saturated rings. The molecule has 0 amide bonds. The number of hydrogen-bond acceptors (Lipinski definition) is 8. The Bertz CT molecular complexity index is 1540. The predicted octanol–water partition coefficient (Wildman–Crippen LogP) is 6.88. The molecule has 194 valence electrons. The summed E-state index contributed by atoms with van der Waals surface area (Å²) in [5.74, 6) is 1.71. The van der Waals surface area contributed by atoms with Gasteiger partial charge >= 0.3 is 5.97 Å². The molecule has 1 aliphatic carbocycles. The van der Waals surface area contributed by atoms with Crippen molar-refractivity contribution in [3.05, 3.63) is 80.7 Å². The average Bonchev–Trinajstić information content (AvgIpc) is 3.70. The summed E-state index contributed by atoms with van der Waals surface area (Å²) in [6, 6.07) is 11.8. The molecule has 2 aromatic carbocycles. The average molecular weight is 553 g/mol. The zero-order valence-electron chi connectivity index (χ0n) is 20.3. The van der Waals surface area contributed by atoms with E-state index in [0.29, 0.717) is 63.1 Å². The smallest absolute Gasteiger partial charge is 0.341 e. The number of benzene rings is 2. The molecule has 0 unspecified atom stereocenters. The van der Waals surface area contributed by atoms with Gasteiger partial charge in [-0.2, -0.15) is 0 Å². The van der Waals surface area contributed by atoms with Crippen molar-refractivity contribution in [2.75, 3.05) is 7.11 Å². The second-order valence-corrected chi connectivity index (χ2v) is 10.0. The summed E-state index contributed by atoms with van der Waals surface area (Å²) in [4.78, 5) is 16.7. The Morgan fingerprint density at radius 2 is 1.89 bits per heavy atom. The van der Waals surface area contributed by atoms with Crippen LogP contribution in [0.25, 0.3) is 11.3 Å². The van der Waals surface area contributed by atoms with Crippen LogP contribution in [0.3, 0.4) is 0 Å². The maximum atomic E-state index is 12.0. The van der Waals surface area contributed by atoms with Crippen LogP contribution in [0.15, 0.2) is 47.0 Å². The molecule has 0 radical (unpaired) electrons. The van der Waals surface area contributed by atoms with Gasteiger partial charge in [0.15, 0.2) is 0 Å². The first-order valence-electron chi connectivity index (χ1n) is 12.1. The van der Waals surface area contributed by atoms with Crippen LogP contribution in [-0.4, -0.2) is 28.3 Å². The molecule has 0 saturated heterocycles. The molecule has 8 nitrogen and oxygen atoms in total. The maximum Gasteiger partial charge on any atom is 0.341 e. The number of nitrogens with zero attached hydrogens (tertiary/aromatic N) is 2. The van der Waals surface area contributed by atoms with Crippen LogP contribution in [0.1, 0.15) is 51.7 Å². The molecule has 2 aromatic heterocycles. The third-order valence-electron chi connectivity index (χ3n) is 6.67. The van der Waals surface area contributed by atoms with Crippen LogP contribution in [0.4, 0.5) is 0 Å². The first-order valence-corrected chi connectivity index (χ1v) is 12.9. The predicted molar refractivity (Wildman–Crippen MR) is 139 cm³/mol. The van der Waals surface area contributed by atoms with Gasteiger partial charge in [-0.15, -0.1) is 0 Å². The number of carbonyl (C=O) groups excluding carboxylic acids is 1. The van der Waals surface area contributed by atoms with Gasteiger partial charge in [0.25, 0.3) is 0 Å². The summed E-state index contributed by atoms with van der Waals surface area (Å²) in [5, 5.41) is 15.5. The van der Waals surface area contributed by atoms with Crippen molar-refractivity contribution in [1.82, 2.24) is 10.1 Å². The van der Waals surface area contributed by atoms with Gasteiger partial charge in [-0.1, -0.05) is 34.4 Å². The molecule has 0 spiro atoms. The van der Waals surface area contributed by atoms with E-state index in [-0.39, 0.29) is 17.9 Å². The lowest BCUT2D eigenvalue weighted by atomic mass is 10.0. The summed E-state index contributed by atoms with van der Waals surface area (Å²) >= 11 is 12.9. The lowest BCUT2D eigenvalue weighted by Gasteiger charge is -2.12. The van der Waals surface area contributed by atoms with E-state index in [0.717, 1.165) is 29.7 Å². The number of aromatic nitrogens is 2. The van der Waals surface area contributed by atoms with E-state index in [4.69, 9.17) is 41.9 Å². The number of phenols is 1. The SMILES string of the molecule is COC(=O)c1cc2c(cc1O)CCc1nc(OCc3c(-c4c(Cl)cccc4Cl)noc3C3CC3)ccc1O2. The van der Waals surface area contributed by atoms with Crippen LogP contribution >= 0.6 is 23.2 Å². The summed E-state index contributed by atoms with van der Waals surface area (Å²) in [7, 11) is 1.26. The van der Waals surface area contributed by atoms with Gasteiger partial charge in [0.2, 0.25) is 5.88 Å².